The van der Waals surface area contributed by atoms with Crippen LogP contribution in [0.2, 0.25) is 0 Å². The predicted octanol–water partition coefficient (Wildman–Crippen LogP) is 3.02. The van der Waals surface area contributed by atoms with Crippen LogP contribution in [0.25, 0.3) is 12.2 Å². The number of rotatable bonds is 2. The van der Waals surface area contributed by atoms with Crippen LogP contribution >= 0.6 is 0 Å². The first-order chi connectivity index (χ1) is 9.20. The molecular formula is C16H13NO2. The quantitative estimate of drug-likeness (QED) is 0.608. The van der Waals surface area contributed by atoms with Crippen molar-refractivity contribution in [3.8, 4) is 5.75 Å². The number of fused-ring (bicyclic) bond motifs is 1. The van der Waals surface area contributed by atoms with E-state index in [4.69, 9.17) is 4.74 Å². The van der Waals surface area contributed by atoms with Crippen LogP contribution in [0.4, 0.5) is 0 Å². The summed E-state index contributed by atoms with van der Waals surface area (Å²) in [5.74, 6) is 0.493. The molecule has 0 N–H and O–H groups in total. The fourth-order valence-corrected chi connectivity index (χ4v) is 2.09. The molecule has 0 fully saturated rings. The minimum absolute atomic E-state index is 0.184. The van der Waals surface area contributed by atoms with Crippen LogP contribution in [-0.2, 0) is 11.2 Å². The lowest BCUT2D eigenvalue weighted by Gasteiger charge is -1.99. The normalized spacial score (nSPS) is 13.6. The third-order valence-electron chi connectivity index (χ3n) is 3.00. The smallest absolute Gasteiger partial charge is 0.315 e. The molecule has 3 heteroatoms. The molecule has 0 saturated heterocycles. The Balaban J connectivity index is 1.84. The summed E-state index contributed by atoms with van der Waals surface area (Å²) in [6.07, 6.45) is 4.32. The average molecular weight is 251 g/mol. The second-order valence-corrected chi connectivity index (χ2v) is 4.56. The molecule has 1 aliphatic heterocycles. The highest BCUT2D eigenvalue weighted by atomic mass is 16.5. The second-order valence-electron chi connectivity index (χ2n) is 4.56. The van der Waals surface area contributed by atoms with E-state index < -0.39 is 0 Å². The van der Waals surface area contributed by atoms with Crippen LogP contribution in [-0.4, -0.2) is 11.0 Å². The number of carbonyl (C=O) groups is 1. The first kappa shape index (κ1) is 11.7. The van der Waals surface area contributed by atoms with E-state index in [2.05, 4.69) is 4.98 Å². The lowest BCUT2D eigenvalue weighted by atomic mass is 10.1. The van der Waals surface area contributed by atoms with Crippen LogP contribution in [0.5, 0.6) is 5.75 Å². The second kappa shape index (κ2) is 4.69. The van der Waals surface area contributed by atoms with Crippen molar-refractivity contribution in [1.29, 1.82) is 0 Å². The first-order valence-corrected chi connectivity index (χ1v) is 6.16. The summed E-state index contributed by atoms with van der Waals surface area (Å²) in [5.41, 5.74) is 3.91. The van der Waals surface area contributed by atoms with Gasteiger partial charge in [-0.2, -0.15) is 0 Å². The largest absolute Gasteiger partial charge is 0.426 e. The number of esters is 1. The number of benzene rings is 1. The van der Waals surface area contributed by atoms with Gasteiger partial charge in [0.2, 0.25) is 0 Å². The van der Waals surface area contributed by atoms with E-state index in [1.54, 1.807) is 0 Å². The molecule has 0 unspecified atom stereocenters. The van der Waals surface area contributed by atoms with Gasteiger partial charge in [0, 0.05) is 11.3 Å². The Morgan fingerprint density at radius 3 is 2.95 bits per heavy atom. The molecule has 1 aliphatic rings. The Morgan fingerprint density at radius 1 is 1.21 bits per heavy atom. The molecule has 3 rings (SSSR count). The van der Waals surface area contributed by atoms with E-state index in [9.17, 15) is 4.79 Å². The van der Waals surface area contributed by atoms with Gasteiger partial charge in [0.25, 0.3) is 0 Å². The maximum Gasteiger partial charge on any atom is 0.315 e. The lowest BCUT2D eigenvalue weighted by Crippen LogP contribution is -1.99. The van der Waals surface area contributed by atoms with Crippen LogP contribution < -0.4 is 4.74 Å². The fraction of sp³-hybridized carbons (Fsp3) is 0.125. The maximum absolute atomic E-state index is 11.2. The van der Waals surface area contributed by atoms with Crippen LogP contribution in [0.1, 0.15) is 22.5 Å². The zero-order valence-electron chi connectivity index (χ0n) is 10.6. The molecule has 3 nitrogen and oxygen atoms in total. The molecule has 1 aromatic carbocycles. The average Bonchev–Trinajstić information content (AvgIpc) is 2.75. The van der Waals surface area contributed by atoms with Crippen molar-refractivity contribution in [3.63, 3.8) is 0 Å². The molecule has 0 saturated carbocycles. The summed E-state index contributed by atoms with van der Waals surface area (Å²) in [7, 11) is 0. The highest BCUT2D eigenvalue weighted by molar-refractivity contribution is 5.82. The van der Waals surface area contributed by atoms with Gasteiger partial charge >= 0.3 is 5.97 Å². The van der Waals surface area contributed by atoms with Crippen molar-refractivity contribution in [3.05, 3.63) is 58.9 Å². The Morgan fingerprint density at radius 2 is 2.11 bits per heavy atom. The highest BCUT2D eigenvalue weighted by Gasteiger charge is 2.19. The summed E-state index contributed by atoms with van der Waals surface area (Å²) in [4.78, 5) is 15.6. The van der Waals surface area contributed by atoms with Crippen molar-refractivity contribution < 1.29 is 9.53 Å². The first-order valence-electron chi connectivity index (χ1n) is 6.16. The number of aryl methyl sites for hydroxylation is 1. The van der Waals surface area contributed by atoms with Crippen molar-refractivity contribution in [2.75, 3.05) is 0 Å². The van der Waals surface area contributed by atoms with Gasteiger partial charge < -0.3 is 4.74 Å². The molecule has 94 valence electrons. The van der Waals surface area contributed by atoms with Gasteiger partial charge in [-0.05, 0) is 42.8 Å². The van der Waals surface area contributed by atoms with Gasteiger partial charge in [0.1, 0.15) is 5.75 Å². The zero-order valence-corrected chi connectivity index (χ0v) is 10.6. The third kappa shape index (κ3) is 2.55. The molecular weight excluding hydrogens is 238 g/mol. The Bertz CT molecular complexity index is 674. The number of hydrogen-bond acceptors (Lipinski definition) is 3. The van der Waals surface area contributed by atoms with Crippen molar-refractivity contribution in [2.45, 2.75) is 13.3 Å². The fourth-order valence-electron chi connectivity index (χ4n) is 2.09. The summed E-state index contributed by atoms with van der Waals surface area (Å²) < 4.78 is 5.06. The molecule has 0 radical (unpaired) electrons. The zero-order chi connectivity index (χ0) is 13.2. The number of hydrogen-bond donors (Lipinski definition) is 0. The molecule has 0 atom stereocenters. The molecule has 0 bridgehead atoms. The number of aromatic nitrogens is 1. The number of ether oxygens (including phenoxy) is 1. The molecule has 1 aromatic heterocycles. The van der Waals surface area contributed by atoms with Crippen LogP contribution in [0, 0.1) is 6.92 Å². The van der Waals surface area contributed by atoms with Gasteiger partial charge in [0.05, 0.1) is 12.1 Å². The predicted molar refractivity (Wildman–Crippen MR) is 73.7 cm³/mol. The van der Waals surface area contributed by atoms with Crippen molar-refractivity contribution >= 4 is 18.1 Å². The van der Waals surface area contributed by atoms with E-state index >= 15 is 0 Å². The maximum atomic E-state index is 11.2. The van der Waals surface area contributed by atoms with E-state index in [-0.39, 0.29) is 5.97 Å². The topological polar surface area (TPSA) is 39.2 Å². The number of pyridine rings is 1. The van der Waals surface area contributed by atoms with Gasteiger partial charge in [-0.25, -0.2) is 0 Å². The molecule has 0 aliphatic carbocycles. The number of nitrogens with zero attached hydrogens (tertiary/aromatic N) is 1. The van der Waals surface area contributed by atoms with Gasteiger partial charge in [-0.1, -0.05) is 18.2 Å². The molecule has 2 aromatic rings. The standard InChI is InChI=1S/C16H13NO2/c1-11-3-2-4-14(17-11)7-5-12-6-8-15-13(9-12)10-16(18)19-15/h2-9H,10H2,1H3. The van der Waals surface area contributed by atoms with Crippen molar-refractivity contribution in [2.24, 2.45) is 0 Å². The minimum Gasteiger partial charge on any atom is -0.426 e. The van der Waals surface area contributed by atoms with Crippen LogP contribution in [0.15, 0.2) is 36.4 Å². The summed E-state index contributed by atoms with van der Waals surface area (Å²) in [6, 6.07) is 11.7. The third-order valence-corrected chi connectivity index (χ3v) is 3.00. The summed E-state index contributed by atoms with van der Waals surface area (Å²) in [6.45, 7) is 1.97. The highest BCUT2D eigenvalue weighted by Crippen LogP contribution is 2.27. The monoisotopic (exact) mass is 251 g/mol. The lowest BCUT2D eigenvalue weighted by molar-refractivity contribution is -0.131. The minimum atomic E-state index is -0.184. The van der Waals surface area contributed by atoms with E-state index in [1.807, 2.05) is 55.5 Å². The van der Waals surface area contributed by atoms with Gasteiger partial charge in [-0.3, -0.25) is 9.78 Å². The van der Waals surface area contributed by atoms with Crippen molar-refractivity contribution in [1.82, 2.24) is 4.98 Å². The molecule has 0 amide bonds. The van der Waals surface area contributed by atoms with Crippen LogP contribution in [0.3, 0.4) is 0 Å². The number of carbonyl (C=O) groups excluding carboxylic acids is 1. The molecule has 19 heavy (non-hydrogen) atoms. The summed E-state index contributed by atoms with van der Waals surface area (Å²) in [5, 5.41) is 0. The Hall–Kier alpha value is -2.42. The van der Waals surface area contributed by atoms with E-state index in [0.29, 0.717) is 12.2 Å². The summed E-state index contributed by atoms with van der Waals surface area (Å²) >= 11 is 0. The molecule has 0 spiro atoms. The van der Waals surface area contributed by atoms with Gasteiger partial charge in [0.15, 0.2) is 0 Å². The molecule has 2 heterocycles. The van der Waals surface area contributed by atoms with E-state index in [0.717, 1.165) is 22.5 Å². The SMILES string of the molecule is Cc1cccc(C=Cc2ccc3c(c2)CC(=O)O3)n1. The Kier molecular flexibility index (Phi) is 2.88. The van der Waals surface area contributed by atoms with E-state index in [1.165, 1.54) is 0 Å². The van der Waals surface area contributed by atoms with Gasteiger partial charge in [-0.15, -0.1) is 0 Å². The Labute approximate surface area is 111 Å².